The Labute approximate surface area is 105 Å². The number of rotatable bonds is 1. The van der Waals surface area contributed by atoms with E-state index < -0.39 is 11.4 Å². The second kappa shape index (κ2) is 3.80. The molecule has 1 saturated carbocycles. The topological polar surface area (TPSA) is 74.7 Å². The van der Waals surface area contributed by atoms with Gasteiger partial charge in [-0.2, -0.15) is 0 Å². The van der Waals surface area contributed by atoms with Gasteiger partial charge in [-0.05, 0) is 25.2 Å². The predicted octanol–water partition coefficient (Wildman–Crippen LogP) is 0.821. The zero-order valence-electron chi connectivity index (χ0n) is 10.2. The molecule has 2 heterocycles. The lowest BCUT2D eigenvalue weighted by Crippen LogP contribution is -2.65. The van der Waals surface area contributed by atoms with Crippen LogP contribution in [0.2, 0.25) is 0 Å². The van der Waals surface area contributed by atoms with Gasteiger partial charge in [0.25, 0.3) is 0 Å². The van der Waals surface area contributed by atoms with Crippen LogP contribution in [0.5, 0.6) is 0 Å². The van der Waals surface area contributed by atoms with Crippen LogP contribution in [-0.2, 0) is 14.4 Å². The van der Waals surface area contributed by atoms with E-state index in [0.717, 1.165) is 0 Å². The number of nitrogens with zero attached hydrogens (tertiary/aromatic N) is 1. The van der Waals surface area contributed by atoms with Crippen molar-refractivity contribution in [3.63, 3.8) is 0 Å². The Morgan fingerprint density at radius 2 is 2.17 bits per heavy atom. The van der Waals surface area contributed by atoms with Gasteiger partial charge >= 0.3 is 5.97 Å². The monoisotopic (exact) mass is 251 g/mol. The summed E-state index contributed by atoms with van der Waals surface area (Å²) < 4.78 is 0. The van der Waals surface area contributed by atoms with Crippen molar-refractivity contribution in [3.05, 3.63) is 0 Å². The predicted molar refractivity (Wildman–Crippen MR) is 61.8 cm³/mol. The third-order valence-electron chi connectivity index (χ3n) is 4.85. The van der Waals surface area contributed by atoms with Gasteiger partial charge in [0.2, 0.25) is 5.91 Å². The Morgan fingerprint density at radius 3 is 2.89 bits per heavy atom. The van der Waals surface area contributed by atoms with Crippen LogP contribution in [0.25, 0.3) is 0 Å². The van der Waals surface area contributed by atoms with Crippen LogP contribution >= 0.6 is 0 Å². The Bertz CT molecular complexity index is 433. The fourth-order valence-corrected chi connectivity index (χ4v) is 4.18. The number of ketones is 1. The van der Waals surface area contributed by atoms with Gasteiger partial charge in [-0.25, -0.2) is 0 Å². The summed E-state index contributed by atoms with van der Waals surface area (Å²) in [5, 5.41) is 9.59. The summed E-state index contributed by atoms with van der Waals surface area (Å²) in [6.45, 7) is 0.656. The molecule has 0 bridgehead atoms. The average Bonchev–Trinajstić information content (AvgIpc) is 2.33. The molecule has 2 saturated heterocycles. The number of carboxylic acids is 1. The molecule has 0 radical (unpaired) electrons. The molecule has 5 heteroatoms. The Kier molecular flexibility index (Phi) is 2.47. The number of carbonyl (C=O) groups is 3. The molecular formula is C13H17NO4. The SMILES string of the molecule is O=C1C[C@@H]2CCC(=O)N3CCC[C@@](C(=O)O)(C1)[C@H]23. The van der Waals surface area contributed by atoms with E-state index in [-0.39, 0.29) is 30.1 Å². The van der Waals surface area contributed by atoms with E-state index in [9.17, 15) is 19.5 Å². The fourth-order valence-electron chi connectivity index (χ4n) is 4.18. The van der Waals surface area contributed by atoms with Crippen molar-refractivity contribution >= 4 is 17.7 Å². The van der Waals surface area contributed by atoms with Crippen LogP contribution in [0.4, 0.5) is 0 Å². The van der Waals surface area contributed by atoms with Gasteiger partial charge in [0.15, 0.2) is 0 Å². The number of Topliss-reactive ketones (excluding diaryl/α,β-unsaturated/α-hetero) is 1. The largest absolute Gasteiger partial charge is 0.481 e. The molecule has 1 N–H and O–H groups in total. The van der Waals surface area contributed by atoms with E-state index in [1.165, 1.54) is 0 Å². The van der Waals surface area contributed by atoms with E-state index in [1.807, 2.05) is 0 Å². The first-order chi connectivity index (χ1) is 8.54. The van der Waals surface area contributed by atoms with Gasteiger partial charge in [0.1, 0.15) is 5.78 Å². The molecule has 0 aromatic rings. The Hall–Kier alpha value is -1.39. The molecule has 2 aliphatic heterocycles. The minimum Gasteiger partial charge on any atom is -0.481 e. The molecule has 1 amide bonds. The Balaban J connectivity index is 2.06. The quantitative estimate of drug-likeness (QED) is 0.748. The van der Waals surface area contributed by atoms with Crippen molar-refractivity contribution in [2.75, 3.05) is 6.54 Å². The third-order valence-corrected chi connectivity index (χ3v) is 4.85. The highest BCUT2D eigenvalue weighted by molar-refractivity contribution is 5.90. The van der Waals surface area contributed by atoms with Crippen LogP contribution in [0.1, 0.15) is 38.5 Å². The van der Waals surface area contributed by atoms with Crippen molar-refractivity contribution < 1.29 is 19.5 Å². The highest BCUT2D eigenvalue weighted by Gasteiger charge is 2.59. The highest BCUT2D eigenvalue weighted by Crippen LogP contribution is 2.50. The van der Waals surface area contributed by atoms with E-state index in [1.54, 1.807) is 4.90 Å². The summed E-state index contributed by atoms with van der Waals surface area (Å²) in [6.07, 6.45) is 2.90. The second-order valence-corrected chi connectivity index (χ2v) is 5.82. The summed E-state index contributed by atoms with van der Waals surface area (Å²) >= 11 is 0. The molecule has 0 aromatic heterocycles. The maximum Gasteiger partial charge on any atom is 0.312 e. The molecule has 0 unspecified atom stereocenters. The van der Waals surface area contributed by atoms with Crippen LogP contribution in [0.15, 0.2) is 0 Å². The first-order valence-electron chi connectivity index (χ1n) is 6.59. The van der Waals surface area contributed by atoms with Gasteiger partial charge in [0.05, 0.1) is 11.5 Å². The van der Waals surface area contributed by atoms with Crippen molar-refractivity contribution in [2.24, 2.45) is 11.3 Å². The smallest absolute Gasteiger partial charge is 0.312 e. The van der Waals surface area contributed by atoms with Gasteiger partial charge in [0, 0.05) is 25.8 Å². The van der Waals surface area contributed by atoms with Crippen molar-refractivity contribution in [2.45, 2.75) is 44.6 Å². The molecule has 3 aliphatic rings. The molecule has 0 aromatic carbocycles. The number of carbonyl (C=O) groups excluding carboxylic acids is 2. The maximum atomic E-state index is 12.0. The van der Waals surface area contributed by atoms with E-state index in [2.05, 4.69) is 0 Å². The summed E-state index contributed by atoms with van der Waals surface area (Å²) in [7, 11) is 0. The lowest BCUT2D eigenvalue weighted by atomic mass is 9.58. The normalized spacial score (nSPS) is 39.4. The molecule has 3 atom stereocenters. The molecule has 1 aliphatic carbocycles. The number of hydrogen-bond acceptors (Lipinski definition) is 3. The first kappa shape index (κ1) is 11.7. The minimum atomic E-state index is -1.01. The third kappa shape index (κ3) is 1.42. The minimum absolute atomic E-state index is 0.0508. The lowest BCUT2D eigenvalue weighted by Gasteiger charge is -2.55. The number of aliphatic carboxylic acids is 1. The summed E-state index contributed by atoms with van der Waals surface area (Å²) in [5.41, 5.74) is -1.01. The average molecular weight is 251 g/mol. The molecular weight excluding hydrogens is 234 g/mol. The Morgan fingerprint density at radius 1 is 1.39 bits per heavy atom. The zero-order chi connectivity index (χ0) is 12.9. The van der Waals surface area contributed by atoms with Gasteiger partial charge in [-0.1, -0.05) is 0 Å². The number of hydrogen-bond donors (Lipinski definition) is 1. The highest BCUT2D eigenvalue weighted by atomic mass is 16.4. The van der Waals surface area contributed by atoms with Crippen LogP contribution in [-0.4, -0.2) is 40.3 Å². The van der Waals surface area contributed by atoms with Gasteiger partial charge in [-0.15, -0.1) is 0 Å². The van der Waals surface area contributed by atoms with Crippen LogP contribution in [0.3, 0.4) is 0 Å². The standard InChI is InChI=1S/C13H17NO4/c15-9-6-8-2-3-10(16)14-5-1-4-13(7-9,11(8)14)12(17)18/h8,11H,1-7H2,(H,17,18)/t8-,11-,13+/m0/s1. The summed E-state index contributed by atoms with van der Waals surface area (Å²) in [5.74, 6) is -0.726. The van der Waals surface area contributed by atoms with E-state index >= 15 is 0 Å². The summed E-state index contributed by atoms with van der Waals surface area (Å²) in [4.78, 5) is 37.2. The van der Waals surface area contributed by atoms with E-state index in [0.29, 0.717) is 38.6 Å². The maximum absolute atomic E-state index is 12.0. The number of amides is 1. The van der Waals surface area contributed by atoms with Gasteiger partial charge < -0.3 is 10.0 Å². The molecule has 0 spiro atoms. The summed E-state index contributed by atoms with van der Waals surface area (Å²) in [6, 6.07) is -0.248. The molecule has 5 nitrogen and oxygen atoms in total. The van der Waals surface area contributed by atoms with Crippen molar-refractivity contribution in [1.29, 1.82) is 0 Å². The lowest BCUT2D eigenvalue weighted by molar-refractivity contribution is -0.176. The van der Waals surface area contributed by atoms with Crippen LogP contribution < -0.4 is 0 Å². The molecule has 3 fully saturated rings. The number of piperidine rings is 2. The van der Waals surface area contributed by atoms with Crippen molar-refractivity contribution in [3.8, 4) is 0 Å². The van der Waals surface area contributed by atoms with E-state index in [4.69, 9.17) is 0 Å². The molecule has 18 heavy (non-hydrogen) atoms. The van der Waals surface area contributed by atoms with Gasteiger partial charge in [-0.3, -0.25) is 14.4 Å². The first-order valence-corrected chi connectivity index (χ1v) is 6.59. The molecule has 3 rings (SSSR count). The zero-order valence-corrected chi connectivity index (χ0v) is 10.2. The van der Waals surface area contributed by atoms with Crippen molar-refractivity contribution in [1.82, 2.24) is 4.90 Å². The second-order valence-electron chi connectivity index (χ2n) is 5.82. The number of carboxylic acid groups (broad SMARTS) is 1. The fraction of sp³-hybridized carbons (Fsp3) is 0.769. The molecule has 98 valence electrons. The van der Waals surface area contributed by atoms with Crippen LogP contribution in [0, 0.1) is 11.3 Å².